The van der Waals surface area contributed by atoms with Gasteiger partial charge in [-0.05, 0) is 44.4 Å². The summed E-state index contributed by atoms with van der Waals surface area (Å²) in [6.45, 7) is 5.67. The average Bonchev–Trinajstić information content (AvgIpc) is 2.66. The first-order valence-corrected chi connectivity index (χ1v) is 10.1. The molecule has 1 aromatic rings. The molecule has 6 nitrogen and oxygen atoms in total. The van der Waals surface area contributed by atoms with Gasteiger partial charge >= 0.3 is 6.03 Å². The van der Waals surface area contributed by atoms with Crippen molar-refractivity contribution in [2.75, 3.05) is 13.1 Å². The number of ether oxygens (including phenoxy) is 1. The zero-order valence-electron chi connectivity index (χ0n) is 16.4. The lowest BCUT2D eigenvalue weighted by atomic mass is 9.96. The van der Waals surface area contributed by atoms with E-state index in [0.717, 1.165) is 18.4 Å². The topological polar surface area (TPSA) is 70.7 Å². The van der Waals surface area contributed by atoms with E-state index in [4.69, 9.17) is 4.74 Å². The van der Waals surface area contributed by atoms with E-state index in [0.29, 0.717) is 31.2 Å². The first-order chi connectivity index (χ1) is 13.0. The van der Waals surface area contributed by atoms with E-state index < -0.39 is 0 Å². The number of nitrogens with one attached hydrogen (secondary N) is 2. The summed E-state index contributed by atoms with van der Waals surface area (Å²) in [6.07, 6.45) is 5.93. The standard InChI is InChI=1S/C21H31N3O3/c1-15-13-24(14-16(2)27-15)20(25)18-10-8-17(9-11-18)12-22-21(26)23-19-6-4-3-5-7-19/h8-11,15-16,19H,3-7,12-14H2,1-2H3,(H2,22,23,26). The molecule has 6 heteroatoms. The van der Waals surface area contributed by atoms with Crippen molar-refractivity contribution in [3.8, 4) is 0 Å². The van der Waals surface area contributed by atoms with Gasteiger partial charge in [0, 0.05) is 31.2 Å². The Morgan fingerprint density at radius 3 is 2.30 bits per heavy atom. The van der Waals surface area contributed by atoms with E-state index in [9.17, 15) is 9.59 Å². The maximum Gasteiger partial charge on any atom is 0.315 e. The molecule has 3 rings (SSSR count). The molecule has 2 atom stereocenters. The van der Waals surface area contributed by atoms with Gasteiger partial charge in [0.05, 0.1) is 12.2 Å². The molecule has 0 bridgehead atoms. The van der Waals surface area contributed by atoms with Crippen LogP contribution in [0.2, 0.25) is 0 Å². The lowest BCUT2D eigenvalue weighted by molar-refractivity contribution is -0.0586. The lowest BCUT2D eigenvalue weighted by Crippen LogP contribution is -2.48. The van der Waals surface area contributed by atoms with Gasteiger partial charge in [-0.1, -0.05) is 31.4 Å². The Kier molecular flexibility index (Phi) is 6.72. The van der Waals surface area contributed by atoms with Crippen molar-refractivity contribution in [3.63, 3.8) is 0 Å². The average molecular weight is 373 g/mol. The van der Waals surface area contributed by atoms with Crippen LogP contribution in [0.4, 0.5) is 4.79 Å². The smallest absolute Gasteiger partial charge is 0.315 e. The highest BCUT2D eigenvalue weighted by atomic mass is 16.5. The zero-order chi connectivity index (χ0) is 19.2. The highest BCUT2D eigenvalue weighted by molar-refractivity contribution is 5.94. The van der Waals surface area contributed by atoms with Gasteiger partial charge in [-0.15, -0.1) is 0 Å². The quantitative estimate of drug-likeness (QED) is 0.852. The molecule has 2 N–H and O–H groups in total. The van der Waals surface area contributed by atoms with Crippen LogP contribution in [0.1, 0.15) is 61.9 Å². The molecule has 1 aromatic carbocycles. The summed E-state index contributed by atoms with van der Waals surface area (Å²) in [5, 5.41) is 5.96. The second-order valence-electron chi connectivity index (χ2n) is 7.83. The van der Waals surface area contributed by atoms with Crippen molar-refractivity contribution in [2.24, 2.45) is 0 Å². The molecule has 0 spiro atoms. The first-order valence-electron chi connectivity index (χ1n) is 10.1. The maximum atomic E-state index is 12.7. The van der Waals surface area contributed by atoms with Crippen LogP contribution >= 0.6 is 0 Å². The summed E-state index contributed by atoms with van der Waals surface area (Å²) in [5.74, 6) is 0.0338. The summed E-state index contributed by atoms with van der Waals surface area (Å²) in [7, 11) is 0. The highest BCUT2D eigenvalue weighted by Gasteiger charge is 2.26. The minimum atomic E-state index is -0.113. The van der Waals surface area contributed by atoms with Gasteiger partial charge in [0.2, 0.25) is 0 Å². The van der Waals surface area contributed by atoms with Crippen molar-refractivity contribution >= 4 is 11.9 Å². The monoisotopic (exact) mass is 373 g/mol. The fourth-order valence-electron chi connectivity index (χ4n) is 3.96. The molecule has 148 valence electrons. The van der Waals surface area contributed by atoms with Gasteiger partial charge in [0.1, 0.15) is 0 Å². The fourth-order valence-corrected chi connectivity index (χ4v) is 3.96. The maximum absolute atomic E-state index is 12.7. The third-order valence-electron chi connectivity index (χ3n) is 5.30. The predicted molar refractivity (Wildman–Crippen MR) is 105 cm³/mol. The lowest BCUT2D eigenvalue weighted by Gasteiger charge is -2.35. The molecule has 1 saturated heterocycles. The third-order valence-corrected chi connectivity index (χ3v) is 5.30. The Morgan fingerprint density at radius 1 is 1.04 bits per heavy atom. The number of hydrogen-bond acceptors (Lipinski definition) is 3. The van der Waals surface area contributed by atoms with Crippen molar-refractivity contribution in [2.45, 2.75) is 70.7 Å². The van der Waals surface area contributed by atoms with Gasteiger partial charge < -0.3 is 20.3 Å². The number of rotatable bonds is 4. The summed E-state index contributed by atoms with van der Waals surface area (Å²) < 4.78 is 5.69. The number of carbonyl (C=O) groups is 2. The van der Waals surface area contributed by atoms with Crippen molar-refractivity contribution in [1.82, 2.24) is 15.5 Å². The third kappa shape index (κ3) is 5.70. The molecule has 2 fully saturated rings. The number of morpholine rings is 1. The van der Waals surface area contributed by atoms with E-state index in [-0.39, 0.29) is 24.1 Å². The van der Waals surface area contributed by atoms with Crippen molar-refractivity contribution in [3.05, 3.63) is 35.4 Å². The molecule has 0 aromatic heterocycles. The number of nitrogens with zero attached hydrogens (tertiary/aromatic N) is 1. The van der Waals surface area contributed by atoms with Gasteiger partial charge in [0.15, 0.2) is 0 Å². The largest absolute Gasteiger partial charge is 0.372 e. The number of amides is 3. The van der Waals surface area contributed by atoms with Crippen LogP contribution in [0.5, 0.6) is 0 Å². The van der Waals surface area contributed by atoms with E-state index in [1.165, 1.54) is 19.3 Å². The highest BCUT2D eigenvalue weighted by Crippen LogP contribution is 2.17. The van der Waals surface area contributed by atoms with E-state index in [1.807, 2.05) is 43.0 Å². The van der Waals surface area contributed by atoms with Crippen LogP contribution in [-0.2, 0) is 11.3 Å². The van der Waals surface area contributed by atoms with Crippen LogP contribution in [0, 0.1) is 0 Å². The van der Waals surface area contributed by atoms with Gasteiger partial charge in [0.25, 0.3) is 5.91 Å². The number of hydrogen-bond donors (Lipinski definition) is 2. The minimum absolute atomic E-state index is 0.0338. The number of urea groups is 1. The fraction of sp³-hybridized carbons (Fsp3) is 0.619. The van der Waals surface area contributed by atoms with E-state index in [1.54, 1.807) is 0 Å². The van der Waals surface area contributed by atoms with Crippen LogP contribution in [0.15, 0.2) is 24.3 Å². The van der Waals surface area contributed by atoms with Crippen LogP contribution in [-0.4, -0.2) is 48.2 Å². The number of benzene rings is 1. The molecule has 1 aliphatic heterocycles. The minimum Gasteiger partial charge on any atom is -0.372 e. The molecule has 0 radical (unpaired) electrons. The van der Waals surface area contributed by atoms with Crippen LogP contribution in [0.25, 0.3) is 0 Å². The Bertz CT molecular complexity index is 631. The molecule has 3 amide bonds. The normalized spacial score (nSPS) is 23.7. The second kappa shape index (κ2) is 9.22. The predicted octanol–water partition coefficient (Wildman–Crippen LogP) is 3.07. The van der Waals surface area contributed by atoms with Crippen LogP contribution < -0.4 is 10.6 Å². The van der Waals surface area contributed by atoms with Gasteiger partial charge in [-0.25, -0.2) is 4.79 Å². The summed E-state index contributed by atoms with van der Waals surface area (Å²) in [4.78, 5) is 26.6. The van der Waals surface area contributed by atoms with Crippen molar-refractivity contribution < 1.29 is 14.3 Å². The second-order valence-corrected chi connectivity index (χ2v) is 7.83. The van der Waals surface area contributed by atoms with E-state index >= 15 is 0 Å². The Morgan fingerprint density at radius 2 is 1.67 bits per heavy atom. The molecule has 27 heavy (non-hydrogen) atoms. The molecular formula is C21H31N3O3. The van der Waals surface area contributed by atoms with E-state index in [2.05, 4.69) is 10.6 Å². The van der Waals surface area contributed by atoms with Gasteiger partial charge in [-0.3, -0.25) is 4.79 Å². The molecule has 1 saturated carbocycles. The van der Waals surface area contributed by atoms with Gasteiger partial charge in [-0.2, -0.15) is 0 Å². The van der Waals surface area contributed by atoms with Crippen molar-refractivity contribution in [1.29, 1.82) is 0 Å². The Hall–Kier alpha value is -2.08. The summed E-state index contributed by atoms with van der Waals surface area (Å²) in [5.41, 5.74) is 1.65. The number of carbonyl (C=O) groups excluding carboxylic acids is 2. The SMILES string of the molecule is CC1CN(C(=O)c2ccc(CNC(=O)NC3CCCCC3)cc2)CC(C)O1. The molecule has 1 aliphatic carbocycles. The Labute approximate surface area is 161 Å². The first kappa shape index (κ1) is 19.7. The molecule has 1 heterocycles. The van der Waals surface area contributed by atoms with Crippen LogP contribution in [0.3, 0.4) is 0 Å². The zero-order valence-corrected chi connectivity index (χ0v) is 16.4. The molecule has 2 unspecified atom stereocenters. The summed E-state index contributed by atoms with van der Waals surface area (Å²) >= 11 is 0. The summed E-state index contributed by atoms with van der Waals surface area (Å²) in [6, 6.07) is 7.67. The Balaban J connectivity index is 1.48. The molecular weight excluding hydrogens is 342 g/mol. The molecule has 2 aliphatic rings.